The van der Waals surface area contributed by atoms with Gasteiger partial charge < -0.3 is 4.74 Å². The van der Waals surface area contributed by atoms with Crippen LogP contribution in [-0.4, -0.2) is 29.9 Å². The molecule has 0 radical (unpaired) electrons. The number of sulfonamides is 1. The van der Waals surface area contributed by atoms with Crippen molar-refractivity contribution in [2.45, 2.75) is 38.0 Å². The molecule has 1 N–H and O–H groups in total. The van der Waals surface area contributed by atoms with Gasteiger partial charge >= 0.3 is 0 Å². The number of nitrogens with one attached hydrogen (secondary N) is 1. The number of aryl methyl sites for hydroxylation is 1. The van der Waals surface area contributed by atoms with Crippen LogP contribution in [0.2, 0.25) is 0 Å². The Balaban J connectivity index is 1.62. The normalized spacial score (nSPS) is 12.2. The summed E-state index contributed by atoms with van der Waals surface area (Å²) in [4.78, 5) is 9.07. The number of methoxy groups -OCH3 is 1. The number of nitrogens with zero attached hydrogens (tertiary/aromatic N) is 3. The van der Waals surface area contributed by atoms with Crippen LogP contribution in [0.4, 0.5) is 5.69 Å². The second kappa shape index (κ2) is 7.94. The number of anilines is 1. The fourth-order valence-corrected chi connectivity index (χ4v) is 4.63. The number of aromatic nitrogens is 3. The van der Waals surface area contributed by atoms with Gasteiger partial charge in [-0.25, -0.2) is 18.4 Å². The molecule has 2 aromatic carbocycles. The molecule has 0 fully saturated rings. The summed E-state index contributed by atoms with van der Waals surface area (Å²) in [7, 11) is -2.38. The van der Waals surface area contributed by atoms with Gasteiger partial charge in [-0.15, -0.1) is 0 Å². The van der Waals surface area contributed by atoms with E-state index >= 15 is 0 Å². The van der Waals surface area contributed by atoms with Gasteiger partial charge in [-0.2, -0.15) is 0 Å². The number of rotatable bonds is 5. The minimum Gasteiger partial charge on any atom is -0.495 e. The van der Waals surface area contributed by atoms with Gasteiger partial charge in [-0.1, -0.05) is 39.0 Å². The van der Waals surface area contributed by atoms with E-state index in [1.54, 1.807) is 24.3 Å². The maximum absolute atomic E-state index is 13.1. The van der Waals surface area contributed by atoms with E-state index in [1.807, 2.05) is 68.8 Å². The van der Waals surface area contributed by atoms with Gasteiger partial charge in [0.15, 0.2) is 0 Å². The van der Waals surface area contributed by atoms with E-state index in [0.29, 0.717) is 17.2 Å². The molecule has 0 aliphatic heterocycles. The van der Waals surface area contributed by atoms with Crippen LogP contribution in [0, 0.1) is 6.92 Å². The van der Waals surface area contributed by atoms with Crippen molar-refractivity contribution in [3.63, 3.8) is 0 Å². The highest BCUT2D eigenvalue weighted by molar-refractivity contribution is 7.92. The first-order valence-corrected chi connectivity index (χ1v) is 11.7. The molecule has 0 bridgehead atoms. The highest BCUT2D eigenvalue weighted by atomic mass is 32.2. The predicted octanol–water partition coefficient (Wildman–Crippen LogP) is 4.81. The van der Waals surface area contributed by atoms with Crippen molar-refractivity contribution in [2.24, 2.45) is 0 Å². The number of imidazole rings is 1. The van der Waals surface area contributed by atoms with Crippen molar-refractivity contribution in [3.05, 3.63) is 72.2 Å². The van der Waals surface area contributed by atoms with Crippen LogP contribution in [0.15, 0.2) is 65.8 Å². The summed E-state index contributed by atoms with van der Waals surface area (Å²) in [5.74, 6) is 0.921. The van der Waals surface area contributed by atoms with Crippen molar-refractivity contribution in [2.75, 3.05) is 11.8 Å². The molecule has 7 nitrogen and oxygen atoms in total. The summed E-state index contributed by atoms with van der Waals surface area (Å²) in [6, 6.07) is 14.3. The van der Waals surface area contributed by atoms with Crippen LogP contribution in [-0.2, 0) is 15.4 Å². The summed E-state index contributed by atoms with van der Waals surface area (Å²) in [5.41, 5.74) is 3.69. The van der Waals surface area contributed by atoms with Gasteiger partial charge in [-0.05, 0) is 48.2 Å². The third-order valence-corrected chi connectivity index (χ3v) is 6.62. The Morgan fingerprint density at radius 1 is 1.00 bits per heavy atom. The molecule has 0 saturated carbocycles. The molecule has 32 heavy (non-hydrogen) atoms. The van der Waals surface area contributed by atoms with E-state index in [4.69, 9.17) is 4.74 Å². The van der Waals surface area contributed by atoms with E-state index in [2.05, 4.69) is 14.7 Å². The lowest BCUT2D eigenvalue weighted by Gasteiger charge is -2.21. The Kier molecular flexibility index (Phi) is 5.42. The number of fused-ring (bicyclic) bond motifs is 1. The summed E-state index contributed by atoms with van der Waals surface area (Å²) < 4.78 is 36.1. The summed E-state index contributed by atoms with van der Waals surface area (Å²) in [6.45, 7) is 8.02. The Morgan fingerprint density at radius 2 is 1.72 bits per heavy atom. The molecule has 8 heteroatoms. The lowest BCUT2D eigenvalue weighted by molar-refractivity contribution is 0.402. The van der Waals surface area contributed by atoms with Gasteiger partial charge in [0.1, 0.15) is 10.6 Å². The van der Waals surface area contributed by atoms with Gasteiger partial charge in [0.05, 0.1) is 12.8 Å². The van der Waals surface area contributed by atoms with Crippen molar-refractivity contribution in [1.82, 2.24) is 14.4 Å². The molecule has 0 amide bonds. The lowest BCUT2D eigenvalue weighted by Crippen LogP contribution is -2.17. The first-order chi connectivity index (χ1) is 15.1. The average molecular weight is 451 g/mol. The van der Waals surface area contributed by atoms with Gasteiger partial charge in [0.2, 0.25) is 5.78 Å². The van der Waals surface area contributed by atoms with Crippen LogP contribution >= 0.6 is 0 Å². The zero-order chi connectivity index (χ0) is 23.1. The highest BCUT2D eigenvalue weighted by Crippen LogP contribution is 2.32. The lowest BCUT2D eigenvalue weighted by atomic mass is 9.87. The van der Waals surface area contributed by atoms with Crippen molar-refractivity contribution >= 4 is 21.5 Å². The van der Waals surface area contributed by atoms with Crippen molar-refractivity contribution in [3.8, 4) is 17.0 Å². The van der Waals surface area contributed by atoms with E-state index < -0.39 is 10.0 Å². The zero-order valence-electron chi connectivity index (χ0n) is 18.7. The fourth-order valence-electron chi connectivity index (χ4n) is 3.37. The SMILES string of the molecule is COc1ccc(C(C)(C)C)cc1S(=O)(=O)Nc1ccc(-c2cn3ccc(C)nc3n2)cc1. The van der Waals surface area contributed by atoms with Gasteiger partial charge in [-0.3, -0.25) is 9.12 Å². The van der Waals surface area contributed by atoms with Crippen LogP contribution in [0.1, 0.15) is 32.0 Å². The minimum atomic E-state index is -3.85. The van der Waals surface area contributed by atoms with Crippen LogP contribution in [0.5, 0.6) is 5.75 Å². The Labute approximate surface area is 188 Å². The third-order valence-electron chi connectivity index (χ3n) is 5.22. The molecule has 4 rings (SSSR count). The molecule has 0 aliphatic rings. The molecule has 4 aromatic rings. The standard InChI is InChI=1S/C24H26N4O3S/c1-16-12-13-28-15-20(26-23(28)25-16)17-6-9-19(10-7-17)27-32(29,30)22-14-18(24(2,3)4)8-11-21(22)31-5/h6-15,27H,1-5H3. The van der Waals surface area contributed by atoms with E-state index in [9.17, 15) is 8.42 Å². The first kappa shape index (κ1) is 21.8. The molecular formula is C24H26N4O3S. The molecule has 166 valence electrons. The van der Waals surface area contributed by atoms with Gasteiger partial charge in [0.25, 0.3) is 10.0 Å². The summed E-state index contributed by atoms with van der Waals surface area (Å²) in [5, 5.41) is 0. The van der Waals surface area contributed by atoms with Crippen molar-refractivity contribution in [1.29, 1.82) is 0 Å². The Bertz CT molecular complexity index is 1390. The van der Waals surface area contributed by atoms with E-state index in [1.165, 1.54) is 7.11 Å². The molecule has 0 saturated heterocycles. The predicted molar refractivity (Wildman–Crippen MR) is 126 cm³/mol. The Hall–Kier alpha value is -3.39. The number of ether oxygens (including phenoxy) is 1. The van der Waals surface area contributed by atoms with Crippen LogP contribution in [0.25, 0.3) is 17.0 Å². The van der Waals surface area contributed by atoms with E-state index in [-0.39, 0.29) is 10.3 Å². The fraction of sp³-hybridized carbons (Fsp3) is 0.250. The van der Waals surface area contributed by atoms with Crippen LogP contribution in [0.3, 0.4) is 0 Å². The molecule has 0 atom stereocenters. The second-order valence-corrected chi connectivity index (χ2v) is 10.4. The molecule has 0 aliphatic carbocycles. The molecule has 0 unspecified atom stereocenters. The second-order valence-electron chi connectivity index (χ2n) is 8.70. The third kappa shape index (κ3) is 4.31. The summed E-state index contributed by atoms with van der Waals surface area (Å²) in [6.07, 6.45) is 3.81. The van der Waals surface area contributed by atoms with E-state index in [0.717, 1.165) is 22.5 Å². The minimum absolute atomic E-state index is 0.110. The number of hydrogen-bond donors (Lipinski definition) is 1. The Morgan fingerprint density at radius 3 is 2.38 bits per heavy atom. The zero-order valence-corrected chi connectivity index (χ0v) is 19.6. The molecular weight excluding hydrogens is 424 g/mol. The molecule has 2 aromatic heterocycles. The topological polar surface area (TPSA) is 85.6 Å². The smallest absolute Gasteiger partial charge is 0.265 e. The molecule has 2 heterocycles. The monoisotopic (exact) mass is 450 g/mol. The quantitative estimate of drug-likeness (QED) is 0.472. The number of benzene rings is 2. The van der Waals surface area contributed by atoms with Gasteiger partial charge in [0, 0.05) is 29.3 Å². The maximum Gasteiger partial charge on any atom is 0.265 e. The average Bonchev–Trinajstić information content (AvgIpc) is 3.16. The summed E-state index contributed by atoms with van der Waals surface area (Å²) >= 11 is 0. The maximum atomic E-state index is 13.1. The largest absolute Gasteiger partial charge is 0.495 e. The first-order valence-electron chi connectivity index (χ1n) is 10.2. The van der Waals surface area contributed by atoms with Crippen LogP contribution < -0.4 is 9.46 Å². The number of hydrogen-bond acceptors (Lipinski definition) is 5. The highest BCUT2D eigenvalue weighted by Gasteiger charge is 2.23. The molecule has 0 spiro atoms. The van der Waals surface area contributed by atoms with Crippen molar-refractivity contribution < 1.29 is 13.2 Å².